The van der Waals surface area contributed by atoms with Gasteiger partial charge in [-0.05, 0) is 44.0 Å². The Morgan fingerprint density at radius 1 is 1.25 bits per heavy atom. The first-order valence-electron chi connectivity index (χ1n) is 6.47. The fourth-order valence-corrected chi connectivity index (χ4v) is 2.30. The molecule has 104 valence electrons. The summed E-state index contributed by atoms with van der Waals surface area (Å²) in [5.41, 5.74) is 3.98. The lowest BCUT2D eigenvalue weighted by Crippen LogP contribution is -2.27. The summed E-state index contributed by atoms with van der Waals surface area (Å²) in [5, 5.41) is 3.30. The standard InChI is InChI=1S/C16H17ClN2O/c1-10-4-5-11(2)14(8-10)12(3)19-16(20)13-6-7-18-15(17)9-13/h4-9,12H,1-3H3,(H,19,20). The largest absolute Gasteiger partial charge is 0.346 e. The summed E-state index contributed by atoms with van der Waals surface area (Å²) in [7, 11) is 0. The molecule has 0 spiro atoms. The molecule has 1 atom stereocenters. The number of halogens is 1. The van der Waals surface area contributed by atoms with Crippen molar-refractivity contribution in [1.82, 2.24) is 10.3 Å². The SMILES string of the molecule is Cc1ccc(C)c(C(C)NC(=O)c2ccnc(Cl)c2)c1. The van der Waals surface area contributed by atoms with E-state index in [9.17, 15) is 4.79 Å². The van der Waals surface area contributed by atoms with E-state index in [1.54, 1.807) is 12.1 Å². The topological polar surface area (TPSA) is 42.0 Å². The average molecular weight is 289 g/mol. The van der Waals surface area contributed by atoms with Crippen molar-refractivity contribution >= 4 is 17.5 Å². The zero-order valence-corrected chi connectivity index (χ0v) is 12.5. The van der Waals surface area contributed by atoms with E-state index in [1.165, 1.54) is 11.8 Å². The summed E-state index contributed by atoms with van der Waals surface area (Å²) in [4.78, 5) is 16.1. The molecule has 2 aromatic rings. The van der Waals surface area contributed by atoms with Gasteiger partial charge in [-0.2, -0.15) is 0 Å². The molecule has 0 aliphatic carbocycles. The normalized spacial score (nSPS) is 12.0. The second kappa shape index (κ2) is 6.06. The number of carbonyl (C=O) groups excluding carboxylic acids is 1. The van der Waals surface area contributed by atoms with Crippen molar-refractivity contribution in [3.63, 3.8) is 0 Å². The summed E-state index contributed by atoms with van der Waals surface area (Å²) in [6.07, 6.45) is 1.53. The number of benzene rings is 1. The molecular formula is C16H17ClN2O. The van der Waals surface area contributed by atoms with Gasteiger partial charge in [0.2, 0.25) is 0 Å². The summed E-state index contributed by atoms with van der Waals surface area (Å²) < 4.78 is 0. The Kier molecular flexibility index (Phi) is 4.40. The molecule has 0 saturated carbocycles. The first-order chi connectivity index (χ1) is 9.47. The highest BCUT2D eigenvalue weighted by molar-refractivity contribution is 6.29. The van der Waals surface area contributed by atoms with E-state index < -0.39 is 0 Å². The lowest BCUT2D eigenvalue weighted by molar-refractivity contribution is 0.0939. The Labute approximate surface area is 124 Å². The molecule has 0 saturated heterocycles. The molecule has 0 radical (unpaired) electrons. The third kappa shape index (κ3) is 3.36. The minimum absolute atomic E-state index is 0.0608. The molecule has 0 bridgehead atoms. The monoisotopic (exact) mass is 288 g/mol. The van der Waals surface area contributed by atoms with Gasteiger partial charge in [0.1, 0.15) is 5.15 Å². The van der Waals surface area contributed by atoms with Crippen molar-refractivity contribution in [1.29, 1.82) is 0 Å². The number of nitrogens with zero attached hydrogens (tertiary/aromatic N) is 1. The first-order valence-corrected chi connectivity index (χ1v) is 6.84. The van der Waals surface area contributed by atoms with E-state index in [0.29, 0.717) is 10.7 Å². The third-order valence-corrected chi connectivity index (χ3v) is 3.44. The average Bonchev–Trinajstić information content (AvgIpc) is 2.41. The molecule has 1 unspecified atom stereocenters. The molecule has 2 rings (SSSR count). The van der Waals surface area contributed by atoms with Crippen molar-refractivity contribution in [2.24, 2.45) is 0 Å². The summed E-state index contributed by atoms with van der Waals surface area (Å²) in [6, 6.07) is 9.38. The van der Waals surface area contributed by atoms with Crippen molar-refractivity contribution in [3.8, 4) is 0 Å². The second-order valence-electron chi connectivity index (χ2n) is 4.92. The lowest BCUT2D eigenvalue weighted by atomic mass is 10.00. The van der Waals surface area contributed by atoms with E-state index in [2.05, 4.69) is 28.5 Å². The first kappa shape index (κ1) is 14.5. The maximum absolute atomic E-state index is 12.2. The van der Waals surface area contributed by atoms with Crippen LogP contribution in [-0.2, 0) is 0 Å². The van der Waals surface area contributed by atoms with Gasteiger partial charge in [-0.15, -0.1) is 0 Å². The Hall–Kier alpha value is -1.87. The van der Waals surface area contributed by atoms with E-state index >= 15 is 0 Å². The molecule has 0 fully saturated rings. The maximum atomic E-state index is 12.2. The Morgan fingerprint density at radius 2 is 2.00 bits per heavy atom. The number of carbonyl (C=O) groups is 1. The zero-order chi connectivity index (χ0) is 14.7. The smallest absolute Gasteiger partial charge is 0.251 e. The van der Waals surface area contributed by atoms with E-state index in [4.69, 9.17) is 11.6 Å². The molecule has 1 N–H and O–H groups in total. The van der Waals surface area contributed by atoms with Gasteiger partial charge < -0.3 is 5.32 Å². The highest BCUT2D eigenvalue weighted by atomic mass is 35.5. The predicted molar refractivity (Wildman–Crippen MR) is 81.0 cm³/mol. The number of rotatable bonds is 3. The Balaban J connectivity index is 2.17. The van der Waals surface area contributed by atoms with Gasteiger partial charge in [-0.25, -0.2) is 4.98 Å². The van der Waals surface area contributed by atoms with Gasteiger partial charge in [0.15, 0.2) is 0 Å². The minimum atomic E-state index is -0.150. The van der Waals surface area contributed by atoms with Crippen LogP contribution in [0, 0.1) is 13.8 Å². The van der Waals surface area contributed by atoms with Gasteiger partial charge in [-0.3, -0.25) is 4.79 Å². The van der Waals surface area contributed by atoms with Crippen molar-refractivity contribution in [3.05, 3.63) is 63.9 Å². The van der Waals surface area contributed by atoms with Gasteiger partial charge in [0.05, 0.1) is 6.04 Å². The van der Waals surface area contributed by atoms with Gasteiger partial charge in [0, 0.05) is 11.8 Å². The second-order valence-corrected chi connectivity index (χ2v) is 5.31. The number of aromatic nitrogens is 1. The Bertz CT molecular complexity index is 640. The Morgan fingerprint density at radius 3 is 2.70 bits per heavy atom. The highest BCUT2D eigenvalue weighted by Gasteiger charge is 2.13. The number of hydrogen-bond acceptors (Lipinski definition) is 2. The van der Waals surface area contributed by atoms with Crippen LogP contribution in [0.5, 0.6) is 0 Å². The summed E-state index contributed by atoms with van der Waals surface area (Å²) in [5.74, 6) is -0.150. The zero-order valence-electron chi connectivity index (χ0n) is 11.8. The molecule has 1 aromatic heterocycles. The van der Waals surface area contributed by atoms with Crippen LogP contribution >= 0.6 is 11.6 Å². The molecule has 1 amide bonds. The third-order valence-electron chi connectivity index (χ3n) is 3.24. The number of pyridine rings is 1. The van der Waals surface area contributed by atoms with Crippen molar-refractivity contribution in [2.75, 3.05) is 0 Å². The molecule has 4 heteroatoms. The highest BCUT2D eigenvalue weighted by Crippen LogP contribution is 2.19. The van der Waals surface area contributed by atoms with E-state index in [-0.39, 0.29) is 11.9 Å². The van der Waals surface area contributed by atoms with Crippen molar-refractivity contribution in [2.45, 2.75) is 26.8 Å². The van der Waals surface area contributed by atoms with Crippen LogP contribution in [0.25, 0.3) is 0 Å². The van der Waals surface area contributed by atoms with Crippen LogP contribution in [-0.4, -0.2) is 10.9 Å². The molecule has 0 aliphatic heterocycles. The molecule has 3 nitrogen and oxygen atoms in total. The van der Waals surface area contributed by atoms with Crippen LogP contribution in [0.4, 0.5) is 0 Å². The maximum Gasteiger partial charge on any atom is 0.251 e. The fourth-order valence-electron chi connectivity index (χ4n) is 2.13. The summed E-state index contributed by atoms with van der Waals surface area (Å²) in [6.45, 7) is 6.06. The molecule has 1 heterocycles. The number of aryl methyl sites for hydroxylation is 2. The van der Waals surface area contributed by atoms with Crippen LogP contribution in [0.15, 0.2) is 36.5 Å². The molecular weight excluding hydrogens is 272 g/mol. The van der Waals surface area contributed by atoms with Crippen LogP contribution in [0.2, 0.25) is 5.15 Å². The van der Waals surface area contributed by atoms with E-state index in [0.717, 1.165) is 11.1 Å². The summed E-state index contributed by atoms with van der Waals surface area (Å²) >= 11 is 5.80. The minimum Gasteiger partial charge on any atom is -0.346 e. The number of amides is 1. The molecule has 1 aromatic carbocycles. The van der Waals surface area contributed by atoms with Gasteiger partial charge >= 0.3 is 0 Å². The number of nitrogens with one attached hydrogen (secondary N) is 1. The van der Waals surface area contributed by atoms with Crippen LogP contribution in [0.1, 0.15) is 40.0 Å². The lowest BCUT2D eigenvalue weighted by Gasteiger charge is -2.17. The fraction of sp³-hybridized carbons (Fsp3) is 0.250. The van der Waals surface area contributed by atoms with Gasteiger partial charge in [-0.1, -0.05) is 35.4 Å². The van der Waals surface area contributed by atoms with E-state index in [1.807, 2.05) is 20.8 Å². The molecule has 20 heavy (non-hydrogen) atoms. The van der Waals surface area contributed by atoms with Crippen LogP contribution < -0.4 is 5.32 Å². The number of hydrogen-bond donors (Lipinski definition) is 1. The molecule has 0 aliphatic rings. The quantitative estimate of drug-likeness (QED) is 0.872. The van der Waals surface area contributed by atoms with Crippen molar-refractivity contribution < 1.29 is 4.79 Å². The predicted octanol–water partition coefficient (Wildman–Crippen LogP) is 3.84. The van der Waals surface area contributed by atoms with Crippen LogP contribution in [0.3, 0.4) is 0 Å². The van der Waals surface area contributed by atoms with Gasteiger partial charge in [0.25, 0.3) is 5.91 Å².